The second-order valence-corrected chi connectivity index (χ2v) is 7.45. The lowest BCUT2D eigenvalue weighted by Gasteiger charge is -2.32. The van der Waals surface area contributed by atoms with Crippen LogP contribution in [0.1, 0.15) is 34.8 Å². The van der Waals surface area contributed by atoms with Gasteiger partial charge in [0.25, 0.3) is 5.91 Å². The fourth-order valence-electron chi connectivity index (χ4n) is 3.58. The smallest absolute Gasteiger partial charge is 0.257 e. The van der Waals surface area contributed by atoms with Crippen LogP contribution in [-0.4, -0.2) is 46.0 Å². The van der Waals surface area contributed by atoms with Crippen molar-refractivity contribution in [1.82, 2.24) is 19.9 Å². The van der Waals surface area contributed by atoms with E-state index >= 15 is 0 Å². The molecule has 0 unspecified atom stereocenters. The first-order valence-electron chi connectivity index (χ1n) is 9.78. The number of nitrogens with one attached hydrogen (secondary N) is 1. The van der Waals surface area contributed by atoms with Crippen LogP contribution < -0.4 is 10.1 Å². The van der Waals surface area contributed by atoms with E-state index in [2.05, 4.69) is 20.3 Å². The lowest BCUT2D eigenvalue weighted by molar-refractivity contribution is 0.0705. The number of nitrogens with zero attached hydrogens (tertiary/aromatic N) is 4. The number of hydrogen-bond acceptors (Lipinski definition) is 6. The van der Waals surface area contributed by atoms with Crippen molar-refractivity contribution >= 4 is 29.1 Å². The van der Waals surface area contributed by atoms with Crippen molar-refractivity contribution in [3.8, 4) is 5.75 Å². The summed E-state index contributed by atoms with van der Waals surface area (Å²) in [6.07, 6.45) is 5.19. The van der Waals surface area contributed by atoms with E-state index in [1.807, 2.05) is 35.2 Å². The van der Waals surface area contributed by atoms with Crippen LogP contribution in [0.5, 0.6) is 5.75 Å². The van der Waals surface area contributed by atoms with Gasteiger partial charge in [-0.1, -0.05) is 11.6 Å². The van der Waals surface area contributed by atoms with Crippen molar-refractivity contribution in [3.05, 3.63) is 71.3 Å². The van der Waals surface area contributed by atoms with Crippen LogP contribution in [0.4, 0.5) is 11.6 Å². The third-order valence-electron chi connectivity index (χ3n) is 5.14. The highest BCUT2D eigenvalue weighted by Gasteiger charge is 2.27. The predicted octanol–water partition coefficient (Wildman–Crippen LogP) is 4.30. The highest BCUT2D eigenvalue weighted by Crippen LogP contribution is 2.28. The van der Waals surface area contributed by atoms with Gasteiger partial charge < -0.3 is 15.0 Å². The zero-order valence-corrected chi connectivity index (χ0v) is 17.3. The number of likely N-dealkylation sites (tertiary alicyclic amines) is 1. The number of amides is 1. The van der Waals surface area contributed by atoms with Crippen LogP contribution in [0, 0.1) is 0 Å². The minimum Gasteiger partial charge on any atom is -0.497 e. The molecule has 1 fully saturated rings. The lowest BCUT2D eigenvalue weighted by atomic mass is 9.94. The zero-order valence-electron chi connectivity index (χ0n) is 16.6. The Labute approximate surface area is 180 Å². The normalized spacial score (nSPS) is 16.2. The predicted molar refractivity (Wildman–Crippen MR) is 115 cm³/mol. The fraction of sp³-hybridized carbons (Fsp3) is 0.273. The molecular formula is C22H22ClN5O2. The highest BCUT2D eigenvalue weighted by atomic mass is 35.5. The third-order valence-corrected chi connectivity index (χ3v) is 5.44. The van der Waals surface area contributed by atoms with E-state index in [0.29, 0.717) is 24.6 Å². The Morgan fingerprint density at radius 1 is 1.17 bits per heavy atom. The Bertz CT molecular complexity index is 1030. The maximum Gasteiger partial charge on any atom is 0.257 e. The number of ether oxygens (including phenoxy) is 1. The number of aromatic nitrogens is 3. The summed E-state index contributed by atoms with van der Waals surface area (Å²) >= 11 is 6.11. The Kier molecular flexibility index (Phi) is 6.09. The topological polar surface area (TPSA) is 80.2 Å². The number of rotatable bonds is 5. The average Bonchev–Trinajstić information content (AvgIpc) is 2.80. The molecule has 3 heterocycles. The van der Waals surface area contributed by atoms with Crippen LogP contribution in [0.3, 0.4) is 0 Å². The molecule has 1 aromatic carbocycles. The van der Waals surface area contributed by atoms with Gasteiger partial charge in [0.1, 0.15) is 10.9 Å². The summed E-state index contributed by atoms with van der Waals surface area (Å²) in [5.41, 5.74) is 2.22. The number of methoxy groups -OCH3 is 1. The number of halogens is 1. The van der Waals surface area contributed by atoms with Gasteiger partial charge in [-0.25, -0.2) is 15.0 Å². The summed E-state index contributed by atoms with van der Waals surface area (Å²) in [6, 6.07) is 12.9. The second kappa shape index (κ2) is 9.09. The summed E-state index contributed by atoms with van der Waals surface area (Å²) in [5, 5.41) is 3.45. The van der Waals surface area contributed by atoms with Gasteiger partial charge in [-0.2, -0.15) is 0 Å². The molecule has 1 N–H and O–H groups in total. The van der Waals surface area contributed by atoms with Gasteiger partial charge >= 0.3 is 0 Å². The number of piperidine rings is 1. The molecular weight excluding hydrogens is 402 g/mol. The van der Waals surface area contributed by atoms with E-state index in [4.69, 9.17) is 16.3 Å². The van der Waals surface area contributed by atoms with E-state index in [9.17, 15) is 4.79 Å². The first kappa shape index (κ1) is 20.1. The van der Waals surface area contributed by atoms with Gasteiger partial charge in [0.2, 0.25) is 5.95 Å². The number of carbonyl (C=O) groups is 1. The van der Waals surface area contributed by atoms with Crippen molar-refractivity contribution in [1.29, 1.82) is 0 Å². The minimum atomic E-state index is -0.0940. The van der Waals surface area contributed by atoms with Gasteiger partial charge in [-0.15, -0.1) is 0 Å². The third kappa shape index (κ3) is 4.52. The largest absolute Gasteiger partial charge is 0.497 e. The number of benzene rings is 1. The van der Waals surface area contributed by atoms with Crippen LogP contribution in [0.15, 0.2) is 54.9 Å². The molecule has 154 valence electrons. The molecule has 0 aliphatic carbocycles. The van der Waals surface area contributed by atoms with Crippen molar-refractivity contribution in [2.24, 2.45) is 0 Å². The second-order valence-electron chi connectivity index (χ2n) is 7.09. The molecule has 1 atom stereocenters. The zero-order chi connectivity index (χ0) is 20.9. The van der Waals surface area contributed by atoms with E-state index < -0.39 is 0 Å². The summed E-state index contributed by atoms with van der Waals surface area (Å²) in [4.78, 5) is 27.8. The van der Waals surface area contributed by atoms with Gasteiger partial charge in [0, 0.05) is 37.1 Å². The SMILES string of the molecule is COc1ccc(Nc2nccc([C@H]3CCCN(C(=O)c4cccnc4Cl)C3)n2)cc1. The number of anilines is 2. The monoisotopic (exact) mass is 423 g/mol. The number of pyridine rings is 1. The molecule has 0 saturated carbocycles. The van der Waals surface area contributed by atoms with Gasteiger partial charge in [0.05, 0.1) is 18.4 Å². The van der Waals surface area contributed by atoms with Crippen molar-refractivity contribution in [2.45, 2.75) is 18.8 Å². The van der Waals surface area contributed by atoms with Crippen LogP contribution in [-0.2, 0) is 0 Å². The number of carbonyl (C=O) groups excluding carboxylic acids is 1. The average molecular weight is 424 g/mol. The molecule has 1 aliphatic rings. The fourth-order valence-corrected chi connectivity index (χ4v) is 3.78. The first-order chi connectivity index (χ1) is 14.6. The highest BCUT2D eigenvalue weighted by molar-refractivity contribution is 6.32. The van der Waals surface area contributed by atoms with E-state index in [0.717, 1.165) is 30.0 Å². The lowest BCUT2D eigenvalue weighted by Crippen LogP contribution is -2.39. The van der Waals surface area contributed by atoms with E-state index in [-0.39, 0.29) is 17.0 Å². The molecule has 0 radical (unpaired) electrons. The van der Waals surface area contributed by atoms with Gasteiger partial charge in [0.15, 0.2) is 0 Å². The summed E-state index contributed by atoms with van der Waals surface area (Å²) < 4.78 is 5.18. The van der Waals surface area contributed by atoms with Crippen molar-refractivity contribution in [3.63, 3.8) is 0 Å². The molecule has 30 heavy (non-hydrogen) atoms. The number of hydrogen-bond donors (Lipinski definition) is 1. The minimum absolute atomic E-state index is 0.0940. The summed E-state index contributed by atoms with van der Waals surface area (Å²) in [7, 11) is 1.63. The maximum absolute atomic E-state index is 12.9. The molecule has 7 nitrogen and oxygen atoms in total. The van der Waals surface area contributed by atoms with E-state index in [1.54, 1.807) is 31.6 Å². The first-order valence-corrected chi connectivity index (χ1v) is 10.2. The van der Waals surface area contributed by atoms with Crippen LogP contribution in [0.25, 0.3) is 0 Å². The quantitative estimate of drug-likeness (QED) is 0.616. The molecule has 1 amide bonds. The Balaban J connectivity index is 1.47. The van der Waals surface area contributed by atoms with Crippen LogP contribution in [0.2, 0.25) is 5.15 Å². The molecule has 0 bridgehead atoms. The molecule has 3 aromatic rings. The summed E-state index contributed by atoms with van der Waals surface area (Å²) in [6.45, 7) is 1.28. The van der Waals surface area contributed by atoms with Gasteiger partial charge in [-0.05, 0) is 55.3 Å². The van der Waals surface area contributed by atoms with Crippen molar-refractivity contribution < 1.29 is 9.53 Å². The molecule has 4 rings (SSSR count). The maximum atomic E-state index is 12.9. The van der Waals surface area contributed by atoms with Gasteiger partial charge in [-0.3, -0.25) is 4.79 Å². The van der Waals surface area contributed by atoms with E-state index in [1.165, 1.54) is 0 Å². The van der Waals surface area contributed by atoms with Crippen LogP contribution >= 0.6 is 11.6 Å². The van der Waals surface area contributed by atoms with Crippen molar-refractivity contribution in [2.75, 3.05) is 25.5 Å². The molecule has 1 saturated heterocycles. The molecule has 0 spiro atoms. The Morgan fingerprint density at radius 2 is 2.00 bits per heavy atom. The Hall–Kier alpha value is -3.19. The Morgan fingerprint density at radius 3 is 2.77 bits per heavy atom. The standard InChI is InChI=1S/C22H22ClN5O2/c1-30-17-8-6-16(7-9-17)26-22-25-12-10-19(27-22)15-4-3-13-28(14-15)21(29)18-5-2-11-24-20(18)23/h2,5-12,15H,3-4,13-14H2,1H3,(H,25,26,27)/t15-/m0/s1. The molecule has 8 heteroatoms. The molecule has 1 aliphatic heterocycles. The molecule has 2 aromatic heterocycles. The summed E-state index contributed by atoms with van der Waals surface area (Å²) in [5.74, 6) is 1.35.